The van der Waals surface area contributed by atoms with E-state index in [9.17, 15) is 23.3 Å². The van der Waals surface area contributed by atoms with E-state index in [0.717, 1.165) is 18.5 Å². The van der Waals surface area contributed by atoms with Crippen LogP contribution in [0.2, 0.25) is 0 Å². The number of methoxy groups -OCH3 is 3. The first-order chi connectivity index (χ1) is 16.7. The van der Waals surface area contributed by atoms with Crippen LogP contribution in [0.15, 0.2) is 42.7 Å². The zero-order chi connectivity index (χ0) is 25.6. The van der Waals surface area contributed by atoms with Gasteiger partial charge in [-0.2, -0.15) is 13.2 Å². The number of benzene rings is 2. The van der Waals surface area contributed by atoms with E-state index >= 15 is 0 Å². The van der Waals surface area contributed by atoms with Crippen molar-refractivity contribution in [2.45, 2.75) is 19.3 Å². The summed E-state index contributed by atoms with van der Waals surface area (Å²) in [6, 6.07) is 7.99. The lowest BCUT2D eigenvalue weighted by Gasteiger charge is -2.15. The minimum atomic E-state index is -4.50. The summed E-state index contributed by atoms with van der Waals surface area (Å²) >= 11 is 0. The summed E-state index contributed by atoms with van der Waals surface area (Å²) in [6.45, 7) is -0.00424. The molecule has 0 amide bonds. The maximum absolute atomic E-state index is 13.0. The van der Waals surface area contributed by atoms with Gasteiger partial charge in [-0.15, -0.1) is 0 Å². The van der Waals surface area contributed by atoms with Crippen molar-refractivity contribution in [3.05, 3.63) is 69.5 Å². The smallest absolute Gasteiger partial charge is 0.416 e. The number of alkyl halides is 3. The second-order valence-electron chi connectivity index (χ2n) is 7.12. The molecule has 2 N–H and O–H groups in total. The first-order valence-corrected chi connectivity index (χ1v) is 10.1. The number of rotatable bonds is 10. The van der Waals surface area contributed by atoms with Gasteiger partial charge in [0.2, 0.25) is 17.4 Å². The Balaban J connectivity index is 1.82. The van der Waals surface area contributed by atoms with Crippen LogP contribution in [0.4, 0.5) is 30.5 Å². The molecule has 0 aliphatic rings. The van der Waals surface area contributed by atoms with Crippen LogP contribution in [0, 0.1) is 10.1 Å². The number of nitro groups is 1. The summed E-state index contributed by atoms with van der Waals surface area (Å²) in [4.78, 5) is 19.0. The zero-order valence-electron chi connectivity index (χ0n) is 19.0. The Morgan fingerprint density at radius 2 is 1.49 bits per heavy atom. The van der Waals surface area contributed by atoms with Gasteiger partial charge < -0.3 is 24.8 Å². The van der Waals surface area contributed by atoms with Crippen molar-refractivity contribution >= 4 is 17.3 Å². The molecule has 3 aromatic rings. The monoisotopic (exact) mass is 493 g/mol. The number of nitrogens with one attached hydrogen (secondary N) is 2. The van der Waals surface area contributed by atoms with Crippen LogP contribution in [0.5, 0.6) is 17.2 Å². The SMILES string of the molecule is COc1cc(CNc2ncnc(NCc3cccc(C(F)(F)F)c3)c2[N+](=O)[O-])cc(OC)c1OC. The van der Waals surface area contributed by atoms with E-state index in [-0.39, 0.29) is 30.3 Å². The number of nitrogens with zero attached hydrogens (tertiary/aromatic N) is 3. The van der Waals surface area contributed by atoms with Gasteiger partial charge in [0.1, 0.15) is 6.33 Å². The number of hydrogen-bond donors (Lipinski definition) is 2. The van der Waals surface area contributed by atoms with E-state index in [1.54, 1.807) is 12.1 Å². The molecular weight excluding hydrogens is 471 g/mol. The molecular formula is C22H22F3N5O5. The van der Waals surface area contributed by atoms with E-state index < -0.39 is 22.4 Å². The van der Waals surface area contributed by atoms with Crippen molar-refractivity contribution in [2.75, 3.05) is 32.0 Å². The van der Waals surface area contributed by atoms with Gasteiger partial charge in [0.15, 0.2) is 11.5 Å². The van der Waals surface area contributed by atoms with E-state index in [2.05, 4.69) is 20.6 Å². The predicted octanol–water partition coefficient (Wildman–Crippen LogP) is 4.65. The molecule has 2 aromatic carbocycles. The van der Waals surface area contributed by atoms with Gasteiger partial charge >= 0.3 is 11.9 Å². The highest BCUT2D eigenvalue weighted by Gasteiger charge is 2.30. The molecule has 0 unspecified atom stereocenters. The van der Waals surface area contributed by atoms with E-state index in [1.165, 1.54) is 33.5 Å². The van der Waals surface area contributed by atoms with Crippen LogP contribution in [0.3, 0.4) is 0 Å². The van der Waals surface area contributed by atoms with Crippen molar-refractivity contribution in [3.8, 4) is 17.2 Å². The number of anilines is 2. The molecule has 0 saturated heterocycles. The molecule has 35 heavy (non-hydrogen) atoms. The normalized spacial score (nSPS) is 11.0. The van der Waals surface area contributed by atoms with Gasteiger partial charge in [-0.3, -0.25) is 10.1 Å². The van der Waals surface area contributed by atoms with Crippen molar-refractivity contribution in [3.63, 3.8) is 0 Å². The zero-order valence-corrected chi connectivity index (χ0v) is 19.0. The van der Waals surface area contributed by atoms with Crippen LogP contribution in [-0.2, 0) is 19.3 Å². The molecule has 186 valence electrons. The highest BCUT2D eigenvalue weighted by atomic mass is 19.4. The predicted molar refractivity (Wildman–Crippen MR) is 121 cm³/mol. The van der Waals surface area contributed by atoms with Crippen molar-refractivity contribution in [2.24, 2.45) is 0 Å². The standard InChI is InChI=1S/C22H22F3N5O5/c1-33-16-8-14(9-17(34-2)19(16)35-3)11-27-21-18(30(31)32)20(28-12-29-21)26-10-13-5-4-6-15(7-13)22(23,24)25/h4-9,12H,10-11H2,1-3H3,(H2,26,27,28,29). The fourth-order valence-corrected chi connectivity index (χ4v) is 3.28. The fraction of sp³-hybridized carbons (Fsp3) is 0.273. The van der Waals surface area contributed by atoms with Gasteiger partial charge in [0, 0.05) is 13.1 Å². The Morgan fingerprint density at radius 3 is 1.97 bits per heavy atom. The molecule has 1 aromatic heterocycles. The van der Waals surface area contributed by atoms with Crippen LogP contribution >= 0.6 is 0 Å². The third kappa shape index (κ3) is 5.99. The number of aromatic nitrogens is 2. The Labute approximate surface area is 198 Å². The van der Waals surface area contributed by atoms with Crippen LogP contribution in [-0.4, -0.2) is 36.2 Å². The Bertz CT molecular complexity index is 1180. The van der Waals surface area contributed by atoms with Gasteiger partial charge in [0.05, 0.1) is 31.8 Å². The third-order valence-corrected chi connectivity index (χ3v) is 4.90. The molecule has 0 atom stereocenters. The van der Waals surface area contributed by atoms with E-state index in [1.807, 2.05) is 0 Å². The fourth-order valence-electron chi connectivity index (χ4n) is 3.28. The molecule has 0 saturated carbocycles. The molecule has 0 fully saturated rings. The minimum Gasteiger partial charge on any atom is -0.493 e. The molecule has 0 bridgehead atoms. The lowest BCUT2D eigenvalue weighted by atomic mass is 10.1. The highest BCUT2D eigenvalue weighted by molar-refractivity contribution is 5.69. The van der Waals surface area contributed by atoms with E-state index in [4.69, 9.17) is 14.2 Å². The van der Waals surface area contributed by atoms with Crippen LogP contribution < -0.4 is 24.8 Å². The topological polar surface area (TPSA) is 121 Å². The molecule has 0 aliphatic heterocycles. The largest absolute Gasteiger partial charge is 0.493 e. The summed E-state index contributed by atoms with van der Waals surface area (Å²) in [5, 5.41) is 17.4. The Kier molecular flexibility index (Phi) is 7.79. The molecule has 13 heteroatoms. The lowest BCUT2D eigenvalue weighted by Crippen LogP contribution is -2.11. The molecule has 3 rings (SSSR count). The average molecular weight is 493 g/mol. The third-order valence-electron chi connectivity index (χ3n) is 4.90. The van der Waals surface area contributed by atoms with Crippen LogP contribution in [0.25, 0.3) is 0 Å². The Hall–Kier alpha value is -4.29. The summed E-state index contributed by atoms with van der Waals surface area (Å²) in [5.74, 6) is 0.988. The quantitative estimate of drug-likeness (QED) is 0.307. The minimum absolute atomic E-state index is 0.0784. The second kappa shape index (κ2) is 10.8. The van der Waals surface area contributed by atoms with Crippen molar-refractivity contribution in [1.29, 1.82) is 0 Å². The summed E-state index contributed by atoms with van der Waals surface area (Å²) in [5.41, 5.74) is -0.334. The molecule has 1 heterocycles. The molecule has 0 spiro atoms. The van der Waals surface area contributed by atoms with Gasteiger partial charge in [-0.05, 0) is 35.4 Å². The average Bonchev–Trinajstić information content (AvgIpc) is 2.84. The highest BCUT2D eigenvalue weighted by Crippen LogP contribution is 2.38. The second-order valence-corrected chi connectivity index (χ2v) is 7.12. The number of hydrogen-bond acceptors (Lipinski definition) is 9. The first-order valence-electron chi connectivity index (χ1n) is 10.1. The van der Waals surface area contributed by atoms with Gasteiger partial charge in [-0.25, -0.2) is 9.97 Å². The van der Waals surface area contributed by atoms with Gasteiger partial charge in [-0.1, -0.05) is 12.1 Å². The molecule has 0 aliphatic carbocycles. The van der Waals surface area contributed by atoms with E-state index in [0.29, 0.717) is 22.8 Å². The Morgan fingerprint density at radius 1 is 0.914 bits per heavy atom. The lowest BCUT2D eigenvalue weighted by molar-refractivity contribution is -0.383. The maximum Gasteiger partial charge on any atom is 0.416 e. The molecule has 10 nitrogen and oxygen atoms in total. The van der Waals surface area contributed by atoms with Crippen molar-refractivity contribution in [1.82, 2.24) is 9.97 Å². The molecule has 0 radical (unpaired) electrons. The first kappa shape index (κ1) is 25.3. The summed E-state index contributed by atoms with van der Waals surface area (Å²) < 4.78 is 54.8. The van der Waals surface area contributed by atoms with Crippen molar-refractivity contribution < 1.29 is 32.3 Å². The summed E-state index contributed by atoms with van der Waals surface area (Å²) in [6.07, 6.45) is -3.39. The number of halogens is 3. The summed E-state index contributed by atoms with van der Waals surface area (Å²) in [7, 11) is 4.40. The van der Waals surface area contributed by atoms with Gasteiger partial charge in [0.25, 0.3) is 0 Å². The number of ether oxygens (including phenoxy) is 3. The maximum atomic E-state index is 13.0. The van der Waals surface area contributed by atoms with Crippen LogP contribution in [0.1, 0.15) is 16.7 Å².